The Kier molecular flexibility index (Phi) is 5.32. The molecule has 1 aromatic heterocycles. The van der Waals surface area contributed by atoms with Gasteiger partial charge >= 0.3 is 6.18 Å². The number of carbonyl (C=O) groups is 1. The van der Waals surface area contributed by atoms with E-state index in [2.05, 4.69) is 0 Å². The second-order valence-electron chi connectivity index (χ2n) is 4.22. The predicted molar refractivity (Wildman–Crippen MR) is 70.8 cm³/mol. The SMILES string of the molecule is CCN(CC(F)(F)F)C(=O)c1cc(S(=O)(=O)Cl)cn1CC. The molecule has 0 saturated heterocycles. The molecular formula is C11H14ClF3N2O3S. The number of alkyl halides is 3. The van der Waals surface area contributed by atoms with Crippen molar-refractivity contribution >= 4 is 25.6 Å². The molecule has 21 heavy (non-hydrogen) atoms. The van der Waals surface area contributed by atoms with Gasteiger partial charge in [0.15, 0.2) is 0 Å². The lowest BCUT2D eigenvalue weighted by atomic mass is 10.3. The molecule has 5 nitrogen and oxygen atoms in total. The molecule has 1 aromatic rings. The molecule has 0 bridgehead atoms. The van der Waals surface area contributed by atoms with Crippen LogP contribution >= 0.6 is 10.7 Å². The number of carbonyl (C=O) groups excluding carboxylic acids is 1. The Morgan fingerprint density at radius 1 is 1.38 bits per heavy atom. The standard InChI is InChI=1S/C11H14ClF3N2O3S/c1-3-16-6-8(21(12,19)20)5-9(16)10(18)17(4-2)7-11(13,14)15/h5-6H,3-4,7H2,1-2H3. The lowest BCUT2D eigenvalue weighted by Crippen LogP contribution is -2.39. The van der Waals surface area contributed by atoms with Gasteiger partial charge in [-0.3, -0.25) is 4.79 Å². The fourth-order valence-corrected chi connectivity index (χ4v) is 2.52. The number of hydrogen-bond donors (Lipinski definition) is 0. The topological polar surface area (TPSA) is 59.4 Å². The van der Waals surface area contributed by atoms with Crippen LogP contribution in [0.25, 0.3) is 0 Å². The molecular weight excluding hydrogens is 333 g/mol. The van der Waals surface area contributed by atoms with Gasteiger partial charge in [0.2, 0.25) is 0 Å². The lowest BCUT2D eigenvalue weighted by molar-refractivity contribution is -0.140. The van der Waals surface area contributed by atoms with E-state index in [0.717, 1.165) is 12.3 Å². The molecule has 0 aliphatic carbocycles. The van der Waals surface area contributed by atoms with E-state index < -0.39 is 27.7 Å². The number of nitrogens with zero attached hydrogens (tertiary/aromatic N) is 2. The summed E-state index contributed by atoms with van der Waals surface area (Å²) < 4.78 is 61.0. The highest BCUT2D eigenvalue weighted by molar-refractivity contribution is 8.13. The van der Waals surface area contributed by atoms with Gasteiger partial charge in [-0.2, -0.15) is 13.2 Å². The lowest BCUT2D eigenvalue weighted by Gasteiger charge is -2.22. The maximum atomic E-state index is 12.4. The molecule has 120 valence electrons. The van der Waals surface area contributed by atoms with Crippen LogP contribution in [0.3, 0.4) is 0 Å². The first-order valence-corrected chi connectivity index (χ1v) is 8.31. The van der Waals surface area contributed by atoms with E-state index in [1.807, 2.05) is 0 Å². The van der Waals surface area contributed by atoms with Crippen molar-refractivity contribution in [1.82, 2.24) is 9.47 Å². The molecule has 0 radical (unpaired) electrons. The number of rotatable bonds is 5. The van der Waals surface area contributed by atoms with E-state index in [0.29, 0.717) is 4.90 Å². The van der Waals surface area contributed by atoms with Crippen LogP contribution in [-0.4, -0.2) is 43.1 Å². The molecule has 0 N–H and O–H groups in total. The molecule has 0 spiro atoms. The number of hydrogen-bond acceptors (Lipinski definition) is 3. The molecule has 0 aliphatic rings. The molecule has 0 saturated carbocycles. The second-order valence-corrected chi connectivity index (χ2v) is 6.79. The van der Waals surface area contributed by atoms with Crippen molar-refractivity contribution in [2.45, 2.75) is 31.5 Å². The van der Waals surface area contributed by atoms with Crippen LogP contribution in [0, 0.1) is 0 Å². The van der Waals surface area contributed by atoms with Crippen LogP contribution in [0.4, 0.5) is 13.2 Å². The van der Waals surface area contributed by atoms with Gasteiger partial charge in [0, 0.05) is 30.0 Å². The van der Waals surface area contributed by atoms with Crippen molar-refractivity contribution in [3.63, 3.8) is 0 Å². The van der Waals surface area contributed by atoms with Crippen LogP contribution in [-0.2, 0) is 15.6 Å². The van der Waals surface area contributed by atoms with Crippen LogP contribution < -0.4 is 0 Å². The maximum absolute atomic E-state index is 12.4. The summed E-state index contributed by atoms with van der Waals surface area (Å²) in [5.74, 6) is -0.900. The van der Waals surface area contributed by atoms with Crippen molar-refractivity contribution < 1.29 is 26.4 Å². The Balaban J connectivity index is 3.19. The Morgan fingerprint density at radius 2 is 1.95 bits per heavy atom. The summed E-state index contributed by atoms with van der Waals surface area (Å²) in [5, 5.41) is 0. The number of amides is 1. The third kappa shape index (κ3) is 4.63. The maximum Gasteiger partial charge on any atom is 0.406 e. The molecule has 0 unspecified atom stereocenters. The predicted octanol–water partition coefficient (Wildman–Crippen LogP) is 2.46. The first-order chi connectivity index (χ1) is 9.49. The highest BCUT2D eigenvalue weighted by Crippen LogP contribution is 2.22. The Morgan fingerprint density at radius 3 is 2.33 bits per heavy atom. The average Bonchev–Trinajstić information content (AvgIpc) is 2.77. The zero-order valence-electron chi connectivity index (χ0n) is 11.3. The highest BCUT2D eigenvalue weighted by atomic mass is 35.7. The van der Waals surface area contributed by atoms with E-state index >= 15 is 0 Å². The van der Waals surface area contributed by atoms with Gasteiger partial charge in [-0.1, -0.05) is 0 Å². The summed E-state index contributed by atoms with van der Waals surface area (Å²) in [6.45, 7) is 1.69. The summed E-state index contributed by atoms with van der Waals surface area (Å²) in [7, 11) is 1.12. The quantitative estimate of drug-likeness (QED) is 0.769. The smallest absolute Gasteiger partial charge is 0.342 e. The molecule has 0 fully saturated rings. The van der Waals surface area contributed by atoms with Crippen LogP contribution in [0.1, 0.15) is 24.3 Å². The van der Waals surface area contributed by atoms with Crippen molar-refractivity contribution in [3.8, 4) is 0 Å². The average molecular weight is 347 g/mol. The fraction of sp³-hybridized carbons (Fsp3) is 0.545. The Bertz CT molecular complexity index is 625. The molecule has 1 rings (SSSR count). The molecule has 1 heterocycles. The summed E-state index contributed by atoms with van der Waals surface area (Å²) in [6.07, 6.45) is -3.41. The van der Waals surface area contributed by atoms with E-state index in [9.17, 15) is 26.4 Å². The summed E-state index contributed by atoms with van der Waals surface area (Å²) >= 11 is 0. The van der Waals surface area contributed by atoms with E-state index in [1.54, 1.807) is 6.92 Å². The van der Waals surface area contributed by atoms with Crippen LogP contribution in [0.15, 0.2) is 17.2 Å². The highest BCUT2D eigenvalue weighted by Gasteiger charge is 2.33. The van der Waals surface area contributed by atoms with E-state index in [4.69, 9.17) is 10.7 Å². The third-order valence-electron chi connectivity index (χ3n) is 2.75. The van der Waals surface area contributed by atoms with Gasteiger partial charge < -0.3 is 9.47 Å². The number of halogens is 4. The molecule has 1 amide bonds. The third-order valence-corrected chi connectivity index (χ3v) is 4.07. The minimum atomic E-state index is -4.53. The van der Waals surface area contributed by atoms with Gasteiger partial charge in [-0.05, 0) is 19.9 Å². The van der Waals surface area contributed by atoms with Gasteiger partial charge in [0.05, 0.1) is 0 Å². The number of aromatic nitrogens is 1. The fourth-order valence-electron chi connectivity index (χ4n) is 1.76. The Labute approximate surface area is 124 Å². The molecule has 0 aromatic carbocycles. The van der Waals surface area contributed by atoms with Crippen molar-refractivity contribution in [2.24, 2.45) is 0 Å². The van der Waals surface area contributed by atoms with Gasteiger partial charge in [0.1, 0.15) is 17.1 Å². The normalized spacial score (nSPS) is 12.5. The summed E-state index contributed by atoms with van der Waals surface area (Å²) in [4.78, 5) is 12.4. The summed E-state index contributed by atoms with van der Waals surface area (Å²) in [6, 6.07) is 0.979. The number of aryl methyl sites for hydroxylation is 1. The van der Waals surface area contributed by atoms with E-state index in [-0.39, 0.29) is 23.7 Å². The monoisotopic (exact) mass is 346 g/mol. The minimum Gasteiger partial charge on any atom is -0.342 e. The van der Waals surface area contributed by atoms with E-state index in [1.165, 1.54) is 11.5 Å². The van der Waals surface area contributed by atoms with Crippen molar-refractivity contribution in [2.75, 3.05) is 13.1 Å². The van der Waals surface area contributed by atoms with Gasteiger partial charge in [0.25, 0.3) is 15.0 Å². The largest absolute Gasteiger partial charge is 0.406 e. The van der Waals surface area contributed by atoms with Crippen LogP contribution in [0.5, 0.6) is 0 Å². The first-order valence-electron chi connectivity index (χ1n) is 6.00. The molecule has 0 aliphatic heterocycles. The molecule has 10 heteroatoms. The van der Waals surface area contributed by atoms with Gasteiger partial charge in [-0.25, -0.2) is 8.42 Å². The van der Waals surface area contributed by atoms with Crippen LogP contribution in [0.2, 0.25) is 0 Å². The van der Waals surface area contributed by atoms with Gasteiger partial charge in [-0.15, -0.1) is 0 Å². The minimum absolute atomic E-state index is 0.150. The van der Waals surface area contributed by atoms with Crippen molar-refractivity contribution in [3.05, 3.63) is 18.0 Å². The first kappa shape index (κ1) is 17.8. The Hall–Kier alpha value is -1.22. The second kappa shape index (κ2) is 6.27. The zero-order chi connectivity index (χ0) is 16.4. The zero-order valence-corrected chi connectivity index (χ0v) is 12.9. The summed E-state index contributed by atoms with van der Waals surface area (Å²) in [5.41, 5.74) is -0.150. The van der Waals surface area contributed by atoms with Crippen molar-refractivity contribution in [1.29, 1.82) is 0 Å². The molecule has 0 atom stereocenters.